The quantitative estimate of drug-likeness (QED) is 0.420. The fourth-order valence-corrected chi connectivity index (χ4v) is 5.33. The summed E-state index contributed by atoms with van der Waals surface area (Å²) in [6.07, 6.45) is 1.92. The van der Waals surface area contributed by atoms with Crippen LogP contribution in [0.25, 0.3) is 0 Å². The van der Waals surface area contributed by atoms with Crippen LogP contribution in [0.1, 0.15) is 18.1 Å². The zero-order chi connectivity index (χ0) is 24.0. The maximum Gasteiger partial charge on any atom is 0.264 e. The molecular weight excluding hydrogens is 456 g/mol. The molecule has 0 saturated heterocycles. The van der Waals surface area contributed by atoms with Gasteiger partial charge in [0.2, 0.25) is 5.91 Å². The van der Waals surface area contributed by atoms with E-state index in [2.05, 4.69) is 5.32 Å². The highest BCUT2D eigenvalue weighted by molar-refractivity contribution is 7.98. The molecule has 3 aromatic carbocycles. The van der Waals surface area contributed by atoms with Gasteiger partial charge in [0.15, 0.2) is 0 Å². The Morgan fingerprint density at radius 3 is 2.24 bits per heavy atom. The number of aryl methyl sites for hydroxylation is 2. The topological polar surface area (TPSA) is 75.7 Å². The van der Waals surface area contributed by atoms with Crippen LogP contribution in [0.3, 0.4) is 0 Å². The highest BCUT2D eigenvalue weighted by Crippen LogP contribution is 2.33. The van der Waals surface area contributed by atoms with Crippen molar-refractivity contribution in [2.24, 2.45) is 0 Å². The number of anilines is 2. The lowest BCUT2D eigenvalue weighted by molar-refractivity contribution is -0.114. The van der Waals surface area contributed by atoms with Gasteiger partial charge in [0.25, 0.3) is 10.0 Å². The minimum Gasteiger partial charge on any atom is -0.492 e. The van der Waals surface area contributed by atoms with E-state index in [0.29, 0.717) is 23.7 Å². The lowest BCUT2D eigenvalue weighted by Crippen LogP contribution is -2.38. The third kappa shape index (κ3) is 6.09. The fourth-order valence-electron chi connectivity index (χ4n) is 3.49. The zero-order valence-electron chi connectivity index (χ0n) is 19.2. The van der Waals surface area contributed by atoms with E-state index >= 15 is 0 Å². The van der Waals surface area contributed by atoms with Crippen molar-refractivity contribution in [2.45, 2.75) is 30.6 Å². The number of ether oxygens (including phenoxy) is 1. The van der Waals surface area contributed by atoms with E-state index in [1.54, 1.807) is 48.5 Å². The highest BCUT2D eigenvalue weighted by atomic mass is 32.2. The number of carbonyl (C=O) groups excluding carboxylic acids is 1. The molecule has 0 saturated carbocycles. The molecule has 0 heterocycles. The van der Waals surface area contributed by atoms with Gasteiger partial charge in [-0.05, 0) is 86.7 Å². The molecule has 6 nitrogen and oxygen atoms in total. The highest BCUT2D eigenvalue weighted by Gasteiger charge is 2.29. The second-order valence-electron chi connectivity index (χ2n) is 7.51. The number of nitrogens with one attached hydrogen (secondary N) is 1. The molecule has 0 fully saturated rings. The molecule has 33 heavy (non-hydrogen) atoms. The molecule has 3 aromatic rings. The molecular formula is C25H28N2O4S2. The van der Waals surface area contributed by atoms with Crippen molar-refractivity contribution in [1.82, 2.24) is 0 Å². The first-order valence-corrected chi connectivity index (χ1v) is 13.2. The summed E-state index contributed by atoms with van der Waals surface area (Å²) in [4.78, 5) is 14.1. The first-order valence-electron chi connectivity index (χ1n) is 10.5. The Hall–Kier alpha value is -2.97. The molecule has 3 rings (SSSR count). The van der Waals surface area contributed by atoms with Crippen molar-refractivity contribution in [2.75, 3.05) is 29.0 Å². The fraction of sp³-hybridized carbons (Fsp3) is 0.240. The van der Waals surface area contributed by atoms with Crippen molar-refractivity contribution in [3.05, 3.63) is 77.9 Å². The summed E-state index contributed by atoms with van der Waals surface area (Å²) in [7, 11) is -4.04. The largest absolute Gasteiger partial charge is 0.492 e. The Morgan fingerprint density at radius 2 is 1.64 bits per heavy atom. The van der Waals surface area contributed by atoms with E-state index in [-0.39, 0.29) is 4.90 Å². The van der Waals surface area contributed by atoms with Crippen LogP contribution in [-0.2, 0) is 14.8 Å². The second kappa shape index (κ2) is 10.8. The molecule has 0 radical (unpaired) electrons. The van der Waals surface area contributed by atoms with Gasteiger partial charge in [-0.1, -0.05) is 18.2 Å². The number of amides is 1. The van der Waals surface area contributed by atoms with Gasteiger partial charge < -0.3 is 10.1 Å². The maximum absolute atomic E-state index is 13.7. The number of hydrogen-bond donors (Lipinski definition) is 1. The minimum absolute atomic E-state index is 0.103. The van der Waals surface area contributed by atoms with Gasteiger partial charge >= 0.3 is 0 Å². The molecule has 8 heteroatoms. The van der Waals surface area contributed by atoms with Crippen molar-refractivity contribution in [3.63, 3.8) is 0 Å². The first kappa shape index (κ1) is 24.7. The number of thioether (sulfide) groups is 1. The van der Waals surface area contributed by atoms with Crippen LogP contribution in [0.4, 0.5) is 11.4 Å². The molecule has 1 N–H and O–H groups in total. The van der Waals surface area contributed by atoms with Gasteiger partial charge in [-0.2, -0.15) is 0 Å². The Balaban J connectivity index is 2.00. The summed E-state index contributed by atoms with van der Waals surface area (Å²) in [6.45, 7) is 5.67. The van der Waals surface area contributed by atoms with Crippen LogP contribution in [0.2, 0.25) is 0 Å². The standard InChI is InChI=1S/C25H28N2O4S2/c1-5-31-24-9-7-6-8-23(24)27(33(29,30)22-12-10-21(32-4)11-13-22)17-25(28)26-20-15-18(2)14-19(3)16-20/h6-16H,5,17H2,1-4H3,(H,26,28). The molecule has 0 aliphatic carbocycles. The van der Waals surface area contributed by atoms with Crippen LogP contribution in [0, 0.1) is 13.8 Å². The number of nitrogens with zero attached hydrogens (tertiary/aromatic N) is 1. The van der Waals surface area contributed by atoms with Crippen LogP contribution >= 0.6 is 11.8 Å². The summed E-state index contributed by atoms with van der Waals surface area (Å²) in [5.74, 6) is -0.0564. The smallest absolute Gasteiger partial charge is 0.264 e. The summed E-state index contributed by atoms with van der Waals surface area (Å²) in [6, 6.07) is 19.1. The third-order valence-corrected chi connectivity index (χ3v) is 7.39. The first-order chi connectivity index (χ1) is 15.7. The average molecular weight is 485 g/mol. The summed E-state index contributed by atoms with van der Waals surface area (Å²) < 4.78 is 34.1. The number of benzene rings is 3. The van der Waals surface area contributed by atoms with E-state index in [9.17, 15) is 13.2 Å². The SMILES string of the molecule is CCOc1ccccc1N(CC(=O)Nc1cc(C)cc(C)c1)S(=O)(=O)c1ccc(SC)cc1. The normalized spacial score (nSPS) is 11.2. The summed E-state index contributed by atoms with van der Waals surface area (Å²) >= 11 is 1.52. The van der Waals surface area contributed by atoms with Crippen molar-refractivity contribution < 1.29 is 17.9 Å². The van der Waals surface area contributed by atoms with Gasteiger partial charge in [0.1, 0.15) is 12.3 Å². The monoisotopic (exact) mass is 484 g/mol. The Bertz CT molecular complexity index is 1210. The zero-order valence-corrected chi connectivity index (χ0v) is 20.8. The van der Waals surface area contributed by atoms with Crippen molar-refractivity contribution in [3.8, 4) is 5.75 Å². The molecule has 0 aliphatic heterocycles. The minimum atomic E-state index is -4.04. The Kier molecular flexibility index (Phi) is 8.05. The van der Waals surface area contributed by atoms with E-state index in [4.69, 9.17) is 4.74 Å². The Morgan fingerprint density at radius 1 is 1.00 bits per heavy atom. The van der Waals surface area contributed by atoms with Crippen LogP contribution in [0.15, 0.2) is 76.5 Å². The van der Waals surface area contributed by atoms with Gasteiger partial charge in [-0.15, -0.1) is 11.8 Å². The van der Waals surface area contributed by atoms with Gasteiger partial charge in [0.05, 0.1) is 17.2 Å². The molecule has 1 amide bonds. The average Bonchev–Trinajstić information content (AvgIpc) is 2.77. The van der Waals surface area contributed by atoms with E-state index < -0.39 is 22.5 Å². The Labute approximate surface area is 200 Å². The number of hydrogen-bond acceptors (Lipinski definition) is 5. The molecule has 174 valence electrons. The molecule has 0 unspecified atom stereocenters. The van der Waals surface area contributed by atoms with Crippen molar-refractivity contribution >= 4 is 39.1 Å². The van der Waals surface area contributed by atoms with E-state index in [1.807, 2.05) is 45.2 Å². The lowest BCUT2D eigenvalue weighted by Gasteiger charge is -2.26. The molecule has 0 spiro atoms. The molecule has 0 aliphatic rings. The molecule has 0 bridgehead atoms. The van der Waals surface area contributed by atoms with Gasteiger partial charge in [-0.25, -0.2) is 8.42 Å². The molecule has 0 atom stereocenters. The van der Waals surface area contributed by atoms with Crippen LogP contribution in [0.5, 0.6) is 5.75 Å². The van der Waals surface area contributed by atoms with Crippen LogP contribution in [-0.4, -0.2) is 33.7 Å². The van der Waals surface area contributed by atoms with Crippen molar-refractivity contribution in [1.29, 1.82) is 0 Å². The summed E-state index contributed by atoms with van der Waals surface area (Å²) in [5.41, 5.74) is 2.94. The summed E-state index contributed by atoms with van der Waals surface area (Å²) in [5, 5.41) is 2.83. The number of para-hydroxylation sites is 2. The lowest BCUT2D eigenvalue weighted by atomic mass is 10.1. The molecule has 0 aromatic heterocycles. The number of sulfonamides is 1. The third-order valence-electron chi connectivity index (χ3n) is 4.87. The van der Waals surface area contributed by atoms with Crippen LogP contribution < -0.4 is 14.4 Å². The number of rotatable bonds is 9. The van der Waals surface area contributed by atoms with Gasteiger partial charge in [-0.3, -0.25) is 9.10 Å². The van der Waals surface area contributed by atoms with E-state index in [1.165, 1.54) is 11.8 Å². The predicted octanol–water partition coefficient (Wildman–Crippen LogP) is 5.26. The number of carbonyl (C=O) groups is 1. The second-order valence-corrected chi connectivity index (χ2v) is 10.3. The predicted molar refractivity (Wildman–Crippen MR) is 135 cm³/mol. The maximum atomic E-state index is 13.7. The van der Waals surface area contributed by atoms with E-state index in [0.717, 1.165) is 20.3 Å². The van der Waals surface area contributed by atoms with Gasteiger partial charge in [0, 0.05) is 10.6 Å².